The number of carbonyl (C=O) groups is 2. The molecule has 44 heavy (non-hydrogen) atoms. The van der Waals surface area contributed by atoms with E-state index in [1.165, 1.54) is 0 Å². The SMILES string of the molecule is CC/C=C\C/C=C\C/C=C\C/C=C\CCCCCCC(=O)OC(CO)COC(=O)CC/C=C\C/C=C\C/C=C\C/C=C\CC. The molecule has 1 atom stereocenters. The maximum atomic E-state index is 12.1. The first-order chi connectivity index (χ1) is 21.6. The molecule has 5 heteroatoms. The van der Waals surface area contributed by atoms with Crippen molar-refractivity contribution in [2.24, 2.45) is 0 Å². The van der Waals surface area contributed by atoms with Crippen molar-refractivity contribution in [2.45, 2.75) is 123 Å². The van der Waals surface area contributed by atoms with Crippen molar-refractivity contribution < 1.29 is 24.2 Å². The number of unbranched alkanes of at least 4 members (excludes halogenated alkanes) is 4. The summed E-state index contributed by atoms with van der Waals surface area (Å²) in [7, 11) is 0. The molecule has 0 rings (SSSR count). The van der Waals surface area contributed by atoms with E-state index in [0.717, 1.165) is 83.5 Å². The molecule has 5 nitrogen and oxygen atoms in total. The quantitative estimate of drug-likeness (QED) is 0.0543. The normalized spacial score (nSPS) is 13.4. The Labute approximate surface area is 268 Å². The van der Waals surface area contributed by atoms with Gasteiger partial charge in [-0.25, -0.2) is 0 Å². The van der Waals surface area contributed by atoms with E-state index in [1.807, 2.05) is 12.2 Å². The zero-order valence-corrected chi connectivity index (χ0v) is 27.6. The van der Waals surface area contributed by atoms with Crippen LogP contribution in [0.4, 0.5) is 0 Å². The second-order valence-electron chi connectivity index (χ2n) is 10.5. The van der Waals surface area contributed by atoms with Crippen LogP contribution in [-0.4, -0.2) is 36.4 Å². The number of aliphatic hydroxyl groups excluding tert-OH is 1. The third kappa shape index (κ3) is 31.7. The molecule has 0 aromatic carbocycles. The van der Waals surface area contributed by atoms with Gasteiger partial charge in [-0.15, -0.1) is 0 Å². The van der Waals surface area contributed by atoms with E-state index in [4.69, 9.17) is 9.47 Å². The number of hydrogen-bond acceptors (Lipinski definition) is 5. The van der Waals surface area contributed by atoms with Gasteiger partial charge in [-0.05, 0) is 77.0 Å². The largest absolute Gasteiger partial charge is 0.462 e. The average Bonchev–Trinajstić information content (AvgIpc) is 3.02. The molecule has 0 fully saturated rings. The van der Waals surface area contributed by atoms with Crippen molar-refractivity contribution in [2.75, 3.05) is 13.2 Å². The second-order valence-corrected chi connectivity index (χ2v) is 10.5. The minimum atomic E-state index is -0.818. The molecule has 0 aromatic rings. The first-order valence-corrected chi connectivity index (χ1v) is 16.8. The van der Waals surface area contributed by atoms with E-state index < -0.39 is 6.10 Å². The Morgan fingerprint density at radius 3 is 1.43 bits per heavy atom. The van der Waals surface area contributed by atoms with Gasteiger partial charge < -0.3 is 14.6 Å². The molecule has 0 saturated heterocycles. The van der Waals surface area contributed by atoms with Gasteiger partial charge in [0.2, 0.25) is 0 Å². The third-order valence-corrected chi connectivity index (χ3v) is 6.39. The van der Waals surface area contributed by atoms with Crippen LogP contribution in [-0.2, 0) is 19.1 Å². The zero-order chi connectivity index (χ0) is 32.2. The lowest BCUT2D eigenvalue weighted by atomic mass is 10.1. The fourth-order valence-corrected chi connectivity index (χ4v) is 3.91. The van der Waals surface area contributed by atoms with E-state index in [-0.39, 0.29) is 31.6 Å². The molecular formula is C39H60O5. The molecule has 0 aliphatic rings. The molecular weight excluding hydrogens is 548 g/mol. The van der Waals surface area contributed by atoms with E-state index in [9.17, 15) is 14.7 Å². The summed E-state index contributed by atoms with van der Waals surface area (Å²) in [4.78, 5) is 24.1. The highest BCUT2D eigenvalue weighted by Crippen LogP contribution is 2.09. The predicted octanol–water partition coefficient (Wildman–Crippen LogP) is 10.2. The number of aliphatic hydroxyl groups is 1. The van der Waals surface area contributed by atoms with Crippen molar-refractivity contribution in [1.82, 2.24) is 0 Å². The summed E-state index contributed by atoms with van der Waals surface area (Å²) in [5, 5.41) is 9.50. The predicted molar refractivity (Wildman–Crippen MR) is 186 cm³/mol. The van der Waals surface area contributed by atoms with Crippen LogP contribution in [0.15, 0.2) is 97.2 Å². The molecule has 0 aliphatic heterocycles. The molecule has 246 valence electrons. The fourth-order valence-electron chi connectivity index (χ4n) is 3.91. The van der Waals surface area contributed by atoms with Gasteiger partial charge in [0.05, 0.1) is 6.61 Å². The minimum absolute atomic E-state index is 0.121. The van der Waals surface area contributed by atoms with Gasteiger partial charge in [-0.3, -0.25) is 9.59 Å². The lowest BCUT2D eigenvalue weighted by Crippen LogP contribution is -2.28. The Kier molecular flexibility index (Phi) is 31.8. The second kappa shape index (κ2) is 34.3. The molecule has 0 bridgehead atoms. The van der Waals surface area contributed by atoms with E-state index in [0.29, 0.717) is 12.8 Å². The van der Waals surface area contributed by atoms with Gasteiger partial charge >= 0.3 is 11.9 Å². The number of carbonyl (C=O) groups excluding carboxylic acids is 2. The van der Waals surface area contributed by atoms with Crippen molar-refractivity contribution in [3.63, 3.8) is 0 Å². The lowest BCUT2D eigenvalue weighted by Gasteiger charge is -2.15. The molecule has 0 spiro atoms. The topological polar surface area (TPSA) is 72.8 Å². The van der Waals surface area contributed by atoms with Crippen molar-refractivity contribution >= 4 is 11.9 Å². The van der Waals surface area contributed by atoms with Crippen LogP contribution in [0.25, 0.3) is 0 Å². The third-order valence-electron chi connectivity index (χ3n) is 6.39. The fraction of sp³-hybridized carbons (Fsp3) is 0.538. The summed E-state index contributed by atoms with van der Waals surface area (Å²) in [5.41, 5.74) is 0. The van der Waals surface area contributed by atoms with Gasteiger partial charge in [-0.2, -0.15) is 0 Å². The van der Waals surface area contributed by atoms with E-state index in [1.54, 1.807) is 0 Å². The van der Waals surface area contributed by atoms with Crippen LogP contribution < -0.4 is 0 Å². The number of ether oxygens (including phenoxy) is 2. The maximum absolute atomic E-state index is 12.1. The summed E-state index contributed by atoms with van der Waals surface area (Å²) in [6.45, 7) is 3.78. The van der Waals surface area contributed by atoms with Gasteiger partial charge in [-0.1, -0.05) is 124 Å². The Morgan fingerprint density at radius 2 is 0.955 bits per heavy atom. The zero-order valence-electron chi connectivity index (χ0n) is 27.6. The van der Waals surface area contributed by atoms with Gasteiger partial charge in [0, 0.05) is 12.8 Å². The maximum Gasteiger partial charge on any atom is 0.306 e. The number of allylic oxidation sites excluding steroid dienone is 16. The molecule has 0 saturated carbocycles. The summed E-state index contributed by atoms with van der Waals surface area (Å²) >= 11 is 0. The molecule has 0 aliphatic carbocycles. The lowest BCUT2D eigenvalue weighted by molar-refractivity contribution is -0.161. The van der Waals surface area contributed by atoms with Crippen molar-refractivity contribution in [3.8, 4) is 0 Å². The van der Waals surface area contributed by atoms with Gasteiger partial charge in [0.1, 0.15) is 6.61 Å². The Morgan fingerprint density at radius 1 is 0.523 bits per heavy atom. The molecule has 0 radical (unpaired) electrons. The van der Waals surface area contributed by atoms with Crippen LogP contribution in [0.2, 0.25) is 0 Å². The average molecular weight is 609 g/mol. The first-order valence-electron chi connectivity index (χ1n) is 16.8. The summed E-state index contributed by atoms with van der Waals surface area (Å²) < 4.78 is 10.5. The molecule has 0 aromatic heterocycles. The van der Waals surface area contributed by atoms with Crippen LogP contribution >= 0.6 is 0 Å². The van der Waals surface area contributed by atoms with Gasteiger partial charge in [0.15, 0.2) is 6.10 Å². The number of esters is 2. The Balaban J connectivity index is 3.78. The summed E-state index contributed by atoms with van der Waals surface area (Å²) in [5.74, 6) is -0.728. The number of rotatable bonds is 28. The molecule has 0 heterocycles. The molecule has 1 N–H and O–H groups in total. The van der Waals surface area contributed by atoms with E-state index >= 15 is 0 Å². The van der Waals surface area contributed by atoms with Crippen molar-refractivity contribution in [1.29, 1.82) is 0 Å². The highest BCUT2D eigenvalue weighted by Gasteiger charge is 2.15. The Hall–Kier alpha value is -3.18. The molecule has 1 unspecified atom stereocenters. The van der Waals surface area contributed by atoms with Crippen LogP contribution in [0.5, 0.6) is 0 Å². The Bertz CT molecular complexity index is 917. The monoisotopic (exact) mass is 608 g/mol. The highest BCUT2D eigenvalue weighted by molar-refractivity contribution is 5.70. The molecule has 0 amide bonds. The minimum Gasteiger partial charge on any atom is -0.462 e. The summed E-state index contributed by atoms with van der Waals surface area (Å²) in [6, 6.07) is 0. The van der Waals surface area contributed by atoms with E-state index in [2.05, 4.69) is 98.9 Å². The first kappa shape index (κ1) is 40.8. The summed E-state index contributed by atoms with van der Waals surface area (Å²) in [6.07, 6.45) is 47.6. The van der Waals surface area contributed by atoms with Crippen LogP contribution in [0.1, 0.15) is 117 Å². The smallest absolute Gasteiger partial charge is 0.306 e. The van der Waals surface area contributed by atoms with Crippen molar-refractivity contribution in [3.05, 3.63) is 97.2 Å². The van der Waals surface area contributed by atoms with Crippen LogP contribution in [0.3, 0.4) is 0 Å². The number of hydrogen-bond donors (Lipinski definition) is 1. The highest BCUT2D eigenvalue weighted by atomic mass is 16.6. The van der Waals surface area contributed by atoms with Gasteiger partial charge in [0.25, 0.3) is 0 Å². The van der Waals surface area contributed by atoms with Crippen LogP contribution in [0, 0.1) is 0 Å². The standard InChI is InChI=1S/C39H60O5/c1-3-5-7-9-11-13-15-17-18-19-20-22-24-26-28-30-32-34-39(42)44-37(35-40)36-43-38(41)33-31-29-27-25-23-21-16-14-12-10-8-6-4-2/h5-8,11-14,17-18,20-23,27,29,37,40H,3-4,9-10,15-16,19,24-26,28,30-36H2,1-2H3/b7-5-,8-6-,13-11-,14-12-,18-17-,22-20-,23-21-,29-27-.